The number of aromatic nitrogens is 3. The molecule has 160 valence electrons. The molecule has 3 aromatic heterocycles. The Labute approximate surface area is 186 Å². The Hall–Kier alpha value is -3.54. The van der Waals surface area contributed by atoms with Crippen molar-refractivity contribution >= 4 is 16.9 Å². The first-order valence-electron chi connectivity index (χ1n) is 11.3. The normalized spacial score (nSPS) is 22.4. The van der Waals surface area contributed by atoms with Crippen LogP contribution in [0.4, 0.5) is 0 Å². The molecular formula is C26H24N4O2. The predicted octanol–water partition coefficient (Wildman–Crippen LogP) is 4.91. The van der Waals surface area contributed by atoms with Crippen molar-refractivity contribution in [3.63, 3.8) is 0 Å². The van der Waals surface area contributed by atoms with Gasteiger partial charge in [0, 0.05) is 41.6 Å². The summed E-state index contributed by atoms with van der Waals surface area (Å²) in [6, 6.07) is 12.8. The Morgan fingerprint density at radius 1 is 1.00 bits per heavy atom. The van der Waals surface area contributed by atoms with Crippen LogP contribution in [0.25, 0.3) is 22.2 Å². The van der Waals surface area contributed by atoms with Crippen LogP contribution in [0.2, 0.25) is 0 Å². The number of pyridine rings is 1. The molecule has 6 nitrogen and oxygen atoms in total. The molecule has 2 atom stereocenters. The molecule has 0 saturated carbocycles. The van der Waals surface area contributed by atoms with Gasteiger partial charge < -0.3 is 9.32 Å². The van der Waals surface area contributed by atoms with Crippen LogP contribution in [0.5, 0.6) is 0 Å². The second-order valence-corrected chi connectivity index (χ2v) is 8.95. The van der Waals surface area contributed by atoms with Crippen molar-refractivity contribution in [2.75, 3.05) is 0 Å². The van der Waals surface area contributed by atoms with Gasteiger partial charge in [-0.2, -0.15) is 0 Å². The number of piperidine rings is 1. The minimum Gasteiger partial charge on any atom is -0.464 e. The number of carbonyl (C=O) groups is 1. The summed E-state index contributed by atoms with van der Waals surface area (Å²) in [4.78, 5) is 28.1. The first-order valence-corrected chi connectivity index (χ1v) is 11.3. The molecule has 4 aromatic rings. The monoisotopic (exact) mass is 424 g/mol. The van der Waals surface area contributed by atoms with E-state index >= 15 is 0 Å². The second-order valence-electron chi connectivity index (χ2n) is 8.95. The highest BCUT2D eigenvalue weighted by Gasteiger charge is 2.43. The van der Waals surface area contributed by atoms with E-state index in [0.29, 0.717) is 23.6 Å². The topological polar surface area (TPSA) is 72.1 Å². The highest BCUT2D eigenvalue weighted by atomic mass is 16.3. The first-order chi connectivity index (χ1) is 15.8. The molecule has 2 saturated heterocycles. The zero-order valence-electron chi connectivity index (χ0n) is 17.7. The van der Waals surface area contributed by atoms with E-state index in [1.54, 1.807) is 24.9 Å². The molecule has 2 fully saturated rings. The van der Waals surface area contributed by atoms with Crippen molar-refractivity contribution in [2.24, 2.45) is 5.92 Å². The molecule has 2 aliphatic rings. The highest BCUT2D eigenvalue weighted by Crippen LogP contribution is 2.41. The van der Waals surface area contributed by atoms with Gasteiger partial charge in [0.2, 0.25) is 0 Å². The number of benzene rings is 1. The number of carbonyl (C=O) groups excluding carboxylic acids is 1. The molecule has 2 unspecified atom stereocenters. The van der Waals surface area contributed by atoms with Crippen LogP contribution >= 0.6 is 0 Å². The Balaban J connectivity index is 1.17. The quantitative estimate of drug-likeness (QED) is 0.465. The van der Waals surface area contributed by atoms with Gasteiger partial charge >= 0.3 is 0 Å². The zero-order chi connectivity index (χ0) is 21.5. The molecular weight excluding hydrogens is 400 g/mol. The molecule has 0 aliphatic carbocycles. The summed E-state index contributed by atoms with van der Waals surface area (Å²) >= 11 is 0. The molecule has 6 heteroatoms. The van der Waals surface area contributed by atoms with E-state index in [4.69, 9.17) is 4.42 Å². The SMILES string of the molecule is O=C(c1ccc(-c2cncnc2)nc1)N1C2CCC1CC(Cc1cccc3occc13)C2. The van der Waals surface area contributed by atoms with Crippen molar-refractivity contribution in [3.8, 4) is 11.3 Å². The fraction of sp³-hybridized carbons (Fsp3) is 0.308. The average Bonchev–Trinajstić information content (AvgIpc) is 3.42. The Bertz CT molecular complexity index is 1240. The van der Waals surface area contributed by atoms with Crippen molar-refractivity contribution in [1.82, 2.24) is 19.9 Å². The van der Waals surface area contributed by atoms with Crippen LogP contribution in [0.15, 0.2) is 72.0 Å². The van der Waals surface area contributed by atoms with E-state index in [-0.39, 0.29) is 5.91 Å². The van der Waals surface area contributed by atoms with Crippen LogP contribution in [0, 0.1) is 5.92 Å². The number of fused-ring (bicyclic) bond motifs is 3. The number of hydrogen-bond acceptors (Lipinski definition) is 5. The van der Waals surface area contributed by atoms with Crippen LogP contribution in [-0.2, 0) is 6.42 Å². The third kappa shape index (κ3) is 3.36. The number of furan rings is 1. The summed E-state index contributed by atoms with van der Waals surface area (Å²) in [5, 5.41) is 1.22. The lowest BCUT2D eigenvalue weighted by Gasteiger charge is -2.39. The molecule has 2 bridgehead atoms. The third-order valence-electron chi connectivity index (χ3n) is 7.03. The summed E-state index contributed by atoms with van der Waals surface area (Å²) in [7, 11) is 0. The van der Waals surface area contributed by atoms with Crippen molar-refractivity contribution in [2.45, 2.75) is 44.2 Å². The molecule has 1 aromatic carbocycles. The van der Waals surface area contributed by atoms with Gasteiger partial charge in [0.15, 0.2) is 0 Å². The van der Waals surface area contributed by atoms with E-state index in [9.17, 15) is 4.79 Å². The van der Waals surface area contributed by atoms with Gasteiger partial charge in [0.25, 0.3) is 5.91 Å². The number of amides is 1. The summed E-state index contributed by atoms with van der Waals surface area (Å²) in [5.74, 6) is 0.701. The van der Waals surface area contributed by atoms with E-state index in [0.717, 1.165) is 48.9 Å². The van der Waals surface area contributed by atoms with Crippen molar-refractivity contribution in [3.05, 3.63) is 78.7 Å². The fourth-order valence-corrected chi connectivity index (χ4v) is 5.61. The Morgan fingerprint density at radius 2 is 1.81 bits per heavy atom. The van der Waals surface area contributed by atoms with E-state index in [2.05, 4.69) is 38.1 Å². The summed E-state index contributed by atoms with van der Waals surface area (Å²) in [6.45, 7) is 0. The second kappa shape index (κ2) is 7.86. The van der Waals surface area contributed by atoms with E-state index < -0.39 is 0 Å². The molecule has 1 amide bonds. The van der Waals surface area contributed by atoms with Gasteiger partial charge in [0.05, 0.1) is 17.5 Å². The predicted molar refractivity (Wildman–Crippen MR) is 121 cm³/mol. The van der Waals surface area contributed by atoms with Crippen LogP contribution < -0.4 is 0 Å². The van der Waals surface area contributed by atoms with Gasteiger partial charge in [-0.15, -0.1) is 0 Å². The fourth-order valence-electron chi connectivity index (χ4n) is 5.61. The number of rotatable bonds is 4. The van der Waals surface area contributed by atoms with E-state index in [1.165, 1.54) is 17.3 Å². The van der Waals surface area contributed by atoms with Crippen LogP contribution in [0.3, 0.4) is 0 Å². The molecule has 0 N–H and O–H groups in total. The summed E-state index contributed by atoms with van der Waals surface area (Å²) in [6.07, 6.45) is 13.8. The maximum Gasteiger partial charge on any atom is 0.255 e. The molecule has 6 rings (SSSR count). The maximum absolute atomic E-state index is 13.4. The zero-order valence-corrected chi connectivity index (χ0v) is 17.7. The lowest BCUT2D eigenvalue weighted by atomic mass is 9.85. The van der Waals surface area contributed by atoms with Crippen molar-refractivity contribution in [1.29, 1.82) is 0 Å². The smallest absolute Gasteiger partial charge is 0.255 e. The molecule has 0 spiro atoms. The first kappa shape index (κ1) is 19.2. The minimum atomic E-state index is 0.108. The number of hydrogen-bond donors (Lipinski definition) is 0. The van der Waals surface area contributed by atoms with Crippen LogP contribution in [0.1, 0.15) is 41.6 Å². The van der Waals surface area contributed by atoms with Gasteiger partial charge in [-0.05, 0) is 67.9 Å². The lowest BCUT2D eigenvalue weighted by molar-refractivity contribution is 0.0524. The molecule has 2 aliphatic heterocycles. The Kier molecular flexibility index (Phi) is 4.71. The maximum atomic E-state index is 13.4. The standard InChI is InChI=1S/C26H24N4O2/c31-26(19-4-7-24(29-15-19)20-13-27-16-28-14-20)30-21-5-6-22(30)12-17(11-21)10-18-2-1-3-25-23(18)8-9-32-25/h1-4,7-9,13-17,21-22H,5-6,10-12H2. The van der Waals surface area contributed by atoms with Gasteiger partial charge in [-0.25, -0.2) is 9.97 Å². The lowest BCUT2D eigenvalue weighted by Crippen LogP contribution is -2.46. The average molecular weight is 425 g/mol. The van der Waals surface area contributed by atoms with Gasteiger partial charge in [0.1, 0.15) is 11.9 Å². The Morgan fingerprint density at radius 3 is 2.56 bits per heavy atom. The van der Waals surface area contributed by atoms with Gasteiger partial charge in [-0.1, -0.05) is 12.1 Å². The molecule has 5 heterocycles. The largest absolute Gasteiger partial charge is 0.464 e. The highest BCUT2D eigenvalue weighted by molar-refractivity contribution is 5.95. The summed E-state index contributed by atoms with van der Waals surface area (Å²) < 4.78 is 5.57. The molecule has 0 radical (unpaired) electrons. The van der Waals surface area contributed by atoms with Crippen LogP contribution in [-0.4, -0.2) is 37.8 Å². The minimum absolute atomic E-state index is 0.108. The molecule has 32 heavy (non-hydrogen) atoms. The third-order valence-corrected chi connectivity index (χ3v) is 7.03. The van der Waals surface area contributed by atoms with Crippen molar-refractivity contribution < 1.29 is 9.21 Å². The number of nitrogens with zero attached hydrogens (tertiary/aromatic N) is 4. The van der Waals surface area contributed by atoms with E-state index in [1.807, 2.05) is 18.2 Å². The van der Waals surface area contributed by atoms with Gasteiger partial charge in [-0.3, -0.25) is 9.78 Å². The summed E-state index contributed by atoms with van der Waals surface area (Å²) in [5.41, 5.74) is 4.59.